The number of H-pyrrole nitrogens is 1. The number of aromatic nitrogens is 1. The third-order valence-corrected chi connectivity index (χ3v) is 7.06. The topological polar surface area (TPSA) is 82.3 Å². The Bertz CT molecular complexity index is 1240. The van der Waals surface area contributed by atoms with Crippen LogP contribution in [-0.4, -0.2) is 43.8 Å². The van der Waals surface area contributed by atoms with Crippen molar-refractivity contribution in [2.75, 3.05) is 19.6 Å². The van der Waals surface area contributed by atoms with Gasteiger partial charge < -0.3 is 9.88 Å². The van der Waals surface area contributed by atoms with E-state index in [1.54, 1.807) is 17.9 Å². The van der Waals surface area contributed by atoms with Crippen LogP contribution in [0.4, 0.5) is 0 Å². The fourth-order valence-corrected chi connectivity index (χ4v) is 4.94. The van der Waals surface area contributed by atoms with E-state index in [-0.39, 0.29) is 10.8 Å². The number of hydrogen-bond donors (Lipinski definition) is 2. The number of nitrogens with zero attached hydrogens (tertiary/aromatic N) is 1. The normalized spacial score (nSPS) is 14.7. The fraction of sp³-hybridized carbons (Fsp3) is 0.261. The van der Waals surface area contributed by atoms with E-state index in [1.807, 2.05) is 25.3 Å². The fourth-order valence-electron chi connectivity index (χ4n) is 3.88. The lowest BCUT2D eigenvalue weighted by molar-refractivity contribution is 0.0772. The van der Waals surface area contributed by atoms with Gasteiger partial charge in [0.15, 0.2) is 0 Å². The molecule has 1 amide bonds. The summed E-state index contributed by atoms with van der Waals surface area (Å²) in [4.78, 5) is 18.3. The van der Waals surface area contributed by atoms with Gasteiger partial charge >= 0.3 is 0 Å². The molecular weight excluding hydrogens is 398 g/mol. The predicted octanol–water partition coefficient (Wildman–Crippen LogP) is 3.70. The molecule has 2 heterocycles. The van der Waals surface area contributed by atoms with Gasteiger partial charge in [-0.05, 0) is 42.7 Å². The van der Waals surface area contributed by atoms with Gasteiger partial charge in [0, 0.05) is 47.9 Å². The molecule has 2 aromatic carbocycles. The van der Waals surface area contributed by atoms with Gasteiger partial charge in [-0.3, -0.25) is 4.79 Å². The van der Waals surface area contributed by atoms with Crippen molar-refractivity contribution < 1.29 is 13.2 Å². The van der Waals surface area contributed by atoms with Gasteiger partial charge in [0.25, 0.3) is 5.91 Å². The predicted molar refractivity (Wildman–Crippen MR) is 119 cm³/mol. The first-order valence-corrected chi connectivity index (χ1v) is 11.5. The lowest BCUT2D eigenvalue weighted by Crippen LogP contribution is -2.35. The van der Waals surface area contributed by atoms with Crippen molar-refractivity contribution in [2.45, 2.75) is 25.2 Å². The molecule has 0 unspecified atom stereocenters. The molecule has 0 saturated heterocycles. The summed E-state index contributed by atoms with van der Waals surface area (Å²) in [5.74, 6) is -0.143. The molecule has 0 bridgehead atoms. The Morgan fingerprint density at radius 3 is 2.73 bits per heavy atom. The number of para-hydroxylation sites is 1. The average molecular weight is 424 g/mol. The van der Waals surface area contributed by atoms with Crippen LogP contribution in [0.5, 0.6) is 0 Å². The molecule has 0 fully saturated rings. The van der Waals surface area contributed by atoms with Crippen LogP contribution in [-0.2, 0) is 10.0 Å². The van der Waals surface area contributed by atoms with Crippen LogP contribution in [0.2, 0.25) is 0 Å². The summed E-state index contributed by atoms with van der Waals surface area (Å²) in [5.41, 5.74) is 4.69. The first-order chi connectivity index (χ1) is 14.4. The van der Waals surface area contributed by atoms with Crippen LogP contribution >= 0.6 is 0 Å². The second-order valence-electron chi connectivity index (χ2n) is 7.46. The number of carbonyl (C=O) groups excluding carboxylic acids is 1. The summed E-state index contributed by atoms with van der Waals surface area (Å²) in [5, 5.41) is 1.18. The molecule has 156 valence electrons. The standard InChI is InChI=1S/C23H25N3O3S/c1-3-25-30(28,29)18-9-8-16(2)20(14-18)23(27)26-12-10-17(11-13-26)21-15-24-22-7-5-4-6-19(21)22/h4-10,14-15,24-25H,3,11-13H2,1-2H3. The van der Waals surface area contributed by atoms with Crippen LogP contribution in [0, 0.1) is 6.92 Å². The summed E-state index contributed by atoms with van der Waals surface area (Å²) >= 11 is 0. The van der Waals surface area contributed by atoms with Crippen molar-refractivity contribution in [3.05, 3.63) is 71.4 Å². The Labute approximate surface area is 176 Å². The molecule has 6 nitrogen and oxygen atoms in total. The van der Waals surface area contributed by atoms with Gasteiger partial charge in [-0.2, -0.15) is 0 Å². The summed E-state index contributed by atoms with van der Waals surface area (Å²) in [6.07, 6.45) is 4.86. The van der Waals surface area contributed by atoms with Crippen LogP contribution in [0.3, 0.4) is 0 Å². The molecule has 0 spiro atoms. The molecule has 4 rings (SSSR count). The number of rotatable bonds is 5. The summed E-state index contributed by atoms with van der Waals surface area (Å²) in [6, 6.07) is 12.9. The van der Waals surface area contributed by atoms with Crippen LogP contribution in [0.1, 0.15) is 34.8 Å². The molecule has 2 N–H and O–H groups in total. The zero-order chi connectivity index (χ0) is 21.3. The van der Waals surface area contributed by atoms with E-state index >= 15 is 0 Å². The largest absolute Gasteiger partial charge is 0.361 e. The Balaban J connectivity index is 1.57. The molecule has 0 aliphatic carbocycles. The lowest BCUT2D eigenvalue weighted by atomic mass is 9.98. The number of sulfonamides is 1. The molecule has 30 heavy (non-hydrogen) atoms. The highest BCUT2D eigenvalue weighted by molar-refractivity contribution is 7.89. The molecular formula is C23H25N3O3S. The minimum Gasteiger partial charge on any atom is -0.361 e. The Hall–Kier alpha value is -2.90. The second kappa shape index (κ2) is 8.08. The molecule has 0 atom stereocenters. The highest BCUT2D eigenvalue weighted by Gasteiger charge is 2.23. The van der Waals surface area contributed by atoms with E-state index in [4.69, 9.17) is 0 Å². The summed E-state index contributed by atoms with van der Waals surface area (Å²) < 4.78 is 27.1. The van der Waals surface area contributed by atoms with Crippen molar-refractivity contribution >= 4 is 32.4 Å². The van der Waals surface area contributed by atoms with Crippen molar-refractivity contribution in [1.29, 1.82) is 0 Å². The first kappa shape index (κ1) is 20.4. The minimum absolute atomic E-state index is 0.116. The number of carbonyl (C=O) groups is 1. The summed E-state index contributed by atoms with van der Waals surface area (Å²) in [7, 11) is -3.61. The quantitative estimate of drug-likeness (QED) is 0.656. The minimum atomic E-state index is -3.61. The number of aryl methyl sites for hydroxylation is 1. The number of amides is 1. The highest BCUT2D eigenvalue weighted by Crippen LogP contribution is 2.29. The molecule has 1 aliphatic heterocycles. The van der Waals surface area contributed by atoms with E-state index in [0.29, 0.717) is 25.2 Å². The van der Waals surface area contributed by atoms with Crippen LogP contribution < -0.4 is 4.72 Å². The first-order valence-electron chi connectivity index (χ1n) is 10.1. The number of nitrogens with one attached hydrogen (secondary N) is 2. The third-order valence-electron chi connectivity index (χ3n) is 5.52. The van der Waals surface area contributed by atoms with E-state index in [0.717, 1.165) is 17.5 Å². The maximum absolute atomic E-state index is 13.1. The smallest absolute Gasteiger partial charge is 0.254 e. The van der Waals surface area contributed by atoms with Gasteiger partial charge in [-0.15, -0.1) is 0 Å². The van der Waals surface area contributed by atoms with E-state index in [9.17, 15) is 13.2 Å². The molecule has 0 saturated carbocycles. The molecule has 1 aromatic heterocycles. The number of fused-ring (bicyclic) bond motifs is 1. The van der Waals surface area contributed by atoms with E-state index in [1.165, 1.54) is 28.7 Å². The van der Waals surface area contributed by atoms with E-state index in [2.05, 4.69) is 27.9 Å². The van der Waals surface area contributed by atoms with Gasteiger partial charge in [0.05, 0.1) is 4.90 Å². The molecule has 7 heteroatoms. The van der Waals surface area contributed by atoms with Crippen molar-refractivity contribution in [1.82, 2.24) is 14.6 Å². The lowest BCUT2D eigenvalue weighted by Gasteiger charge is -2.27. The number of benzene rings is 2. The Morgan fingerprint density at radius 2 is 2.00 bits per heavy atom. The zero-order valence-electron chi connectivity index (χ0n) is 17.1. The van der Waals surface area contributed by atoms with E-state index < -0.39 is 10.0 Å². The van der Waals surface area contributed by atoms with Gasteiger partial charge in [0.1, 0.15) is 0 Å². The highest BCUT2D eigenvalue weighted by atomic mass is 32.2. The molecule has 0 radical (unpaired) electrons. The maximum Gasteiger partial charge on any atom is 0.254 e. The Kier molecular flexibility index (Phi) is 5.49. The van der Waals surface area contributed by atoms with Gasteiger partial charge in [0.2, 0.25) is 10.0 Å². The maximum atomic E-state index is 13.1. The second-order valence-corrected chi connectivity index (χ2v) is 9.22. The number of aromatic amines is 1. The SMILES string of the molecule is CCNS(=O)(=O)c1ccc(C)c(C(=O)N2CC=C(c3c[nH]c4ccccc34)CC2)c1. The van der Waals surface area contributed by atoms with Crippen LogP contribution in [0.15, 0.2) is 59.6 Å². The van der Waals surface area contributed by atoms with Crippen molar-refractivity contribution in [2.24, 2.45) is 0 Å². The molecule has 1 aliphatic rings. The summed E-state index contributed by atoms with van der Waals surface area (Å²) in [6.45, 7) is 4.94. The van der Waals surface area contributed by atoms with Crippen molar-refractivity contribution in [3.8, 4) is 0 Å². The monoisotopic (exact) mass is 423 g/mol. The van der Waals surface area contributed by atoms with Gasteiger partial charge in [-0.1, -0.05) is 37.3 Å². The molecule has 3 aromatic rings. The van der Waals surface area contributed by atoms with Crippen molar-refractivity contribution in [3.63, 3.8) is 0 Å². The van der Waals surface area contributed by atoms with Crippen LogP contribution in [0.25, 0.3) is 16.5 Å². The number of hydrogen-bond acceptors (Lipinski definition) is 3. The zero-order valence-corrected chi connectivity index (χ0v) is 17.9. The van der Waals surface area contributed by atoms with Gasteiger partial charge in [-0.25, -0.2) is 13.1 Å². The third kappa shape index (κ3) is 3.78. The average Bonchev–Trinajstić information content (AvgIpc) is 3.18. The Morgan fingerprint density at radius 1 is 1.20 bits per heavy atom.